The fourth-order valence-corrected chi connectivity index (χ4v) is 6.55. The van der Waals surface area contributed by atoms with Crippen LogP contribution in [0.3, 0.4) is 0 Å². The Hall–Kier alpha value is -2.66. The molecule has 46 heavy (non-hydrogen) atoms. The van der Waals surface area contributed by atoms with E-state index in [9.17, 15) is 31.1 Å². The van der Waals surface area contributed by atoms with Crippen LogP contribution in [0.4, 0.5) is 31.1 Å². The van der Waals surface area contributed by atoms with E-state index in [0.717, 1.165) is 37.3 Å². The second-order valence-electron chi connectivity index (χ2n) is 12.0. The van der Waals surface area contributed by atoms with E-state index in [0.29, 0.717) is 41.6 Å². The minimum Gasteiger partial charge on any atom is -0.448 e. The third-order valence-corrected chi connectivity index (χ3v) is 9.50. The maximum Gasteiger partial charge on any atom is 0.416 e. The number of cyclic esters (lactones) is 1. The van der Waals surface area contributed by atoms with E-state index in [2.05, 4.69) is 17.0 Å². The van der Waals surface area contributed by atoms with E-state index in [1.807, 2.05) is 18.2 Å². The molecule has 0 N–H and O–H groups in total. The molecule has 0 radical (unpaired) electrons. The van der Waals surface area contributed by atoms with Crippen LogP contribution in [0.15, 0.2) is 66.7 Å². The van der Waals surface area contributed by atoms with Gasteiger partial charge in [0.05, 0.1) is 21.2 Å². The van der Waals surface area contributed by atoms with Crippen LogP contribution >= 0.6 is 35.6 Å². The molecule has 0 saturated carbocycles. The van der Waals surface area contributed by atoms with Crippen LogP contribution in [0, 0.1) is 5.92 Å². The standard InChI is InChI=1S/C33H32Cl2F6N2O2.ClH/c34-28-7-6-25(18-29(28)35)31(10-13-42-11-8-23(9-12-42)14-22-4-2-1-3-5-22)20-43(30(44)45-21-31)19-24-15-26(32(36,37)38)17-27(16-24)33(39,40)41;/h1-7,15-18,23H,8-14,19-21H2;1H. The Kier molecular flexibility index (Phi) is 11.5. The van der Waals surface area contributed by atoms with Crippen molar-refractivity contribution in [3.63, 3.8) is 0 Å². The molecule has 13 heteroatoms. The molecule has 5 rings (SSSR count). The van der Waals surface area contributed by atoms with Crippen molar-refractivity contribution in [1.82, 2.24) is 9.80 Å². The normalized spacial score (nSPS) is 19.9. The van der Waals surface area contributed by atoms with E-state index >= 15 is 0 Å². The minimum atomic E-state index is -5.00. The third kappa shape index (κ3) is 8.82. The second kappa shape index (κ2) is 14.6. The molecule has 0 aromatic heterocycles. The first-order chi connectivity index (χ1) is 21.2. The summed E-state index contributed by atoms with van der Waals surface area (Å²) in [6.07, 6.45) is -7.27. The lowest BCUT2D eigenvalue weighted by atomic mass is 9.76. The van der Waals surface area contributed by atoms with Gasteiger partial charge in [-0.2, -0.15) is 26.3 Å². The summed E-state index contributed by atoms with van der Waals surface area (Å²) in [6, 6.07) is 16.8. The van der Waals surface area contributed by atoms with Gasteiger partial charge in [0, 0.05) is 18.5 Å². The van der Waals surface area contributed by atoms with E-state index in [1.54, 1.807) is 18.2 Å². The van der Waals surface area contributed by atoms with E-state index < -0.39 is 41.5 Å². The Morgan fingerprint density at radius 3 is 2.04 bits per heavy atom. The van der Waals surface area contributed by atoms with Crippen molar-refractivity contribution in [2.24, 2.45) is 5.92 Å². The zero-order valence-electron chi connectivity index (χ0n) is 24.6. The van der Waals surface area contributed by atoms with Gasteiger partial charge < -0.3 is 14.5 Å². The topological polar surface area (TPSA) is 32.8 Å². The number of amides is 1. The van der Waals surface area contributed by atoms with Gasteiger partial charge in [-0.25, -0.2) is 4.79 Å². The van der Waals surface area contributed by atoms with Gasteiger partial charge in [-0.15, -0.1) is 12.4 Å². The highest BCUT2D eigenvalue weighted by atomic mass is 35.5. The van der Waals surface area contributed by atoms with Gasteiger partial charge in [0.2, 0.25) is 0 Å². The number of carbonyl (C=O) groups is 1. The van der Waals surface area contributed by atoms with Crippen LogP contribution in [0.5, 0.6) is 0 Å². The molecule has 2 heterocycles. The van der Waals surface area contributed by atoms with Crippen LogP contribution < -0.4 is 0 Å². The van der Waals surface area contributed by atoms with Crippen LogP contribution in [0.25, 0.3) is 0 Å². The molecular weight excluding hydrogens is 677 g/mol. The zero-order chi connectivity index (χ0) is 32.4. The van der Waals surface area contributed by atoms with Crippen LogP contribution in [-0.4, -0.2) is 48.7 Å². The second-order valence-corrected chi connectivity index (χ2v) is 12.8. The Labute approximate surface area is 280 Å². The third-order valence-electron chi connectivity index (χ3n) is 8.76. The minimum absolute atomic E-state index is 0. The first-order valence-corrected chi connectivity index (χ1v) is 15.4. The summed E-state index contributed by atoms with van der Waals surface area (Å²) in [6.45, 7) is 1.88. The van der Waals surface area contributed by atoms with Crippen molar-refractivity contribution in [1.29, 1.82) is 0 Å². The average molecular weight is 710 g/mol. The molecule has 0 aliphatic carbocycles. The summed E-state index contributed by atoms with van der Waals surface area (Å²) in [5.41, 5.74) is -2.00. The Morgan fingerprint density at radius 1 is 0.826 bits per heavy atom. The molecule has 2 aliphatic heterocycles. The van der Waals surface area contributed by atoms with Gasteiger partial charge in [0.15, 0.2) is 0 Å². The molecule has 2 saturated heterocycles. The fourth-order valence-electron chi connectivity index (χ4n) is 6.25. The van der Waals surface area contributed by atoms with Gasteiger partial charge in [-0.3, -0.25) is 0 Å². The van der Waals surface area contributed by atoms with Crippen molar-refractivity contribution in [3.8, 4) is 0 Å². The van der Waals surface area contributed by atoms with Crippen LogP contribution in [0.2, 0.25) is 10.0 Å². The first kappa shape index (κ1) is 36.2. The van der Waals surface area contributed by atoms with Gasteiger partial charge in [-0.05, 0) is 98.3 Å². The number of nitrogens with zero attached hydrogens (tertiary/aromatic N) is 2. The Morgan fingerprint density at radius 2 is 1.46 bits per heavy atom. The summed E-state index contributed by atoms with van der Waals surface area (Å²) in [4.78, 5) is 16.4. The number of piperidine rings is 1. The van der Waals surface area contributed by atoms with Crippen molar-refractivity contribution < 1.29 is 35.9 Å². The maximum absolute atomic E-state index is 13.5. The molecule has 2 aliphatic rings. The molecule has 250 valence electrons. The number of halogens is 9. The van der Waals surface area contributed by atoms with Crippen molar-refractivity contribution in [2.75, 3.05) is 32.8 Å². The van der Waals surface area contributed by atoms with Crippen molar-refractivity contribution in [2.45, 2.75) is 50.0 Å². The van der Waals surface area contributed by atoms with Gasteiger partial charge in [-0.1, -0.05) is 59.6 Å². The predicted molar refractivity (Wildman–Crippen MR) is 168 cm³/mol. The highest BCUT2D eigenvalue weighted by molar-refractivity contribution is 6.42. The summed E-state index contributed by atoms with van der Waals surface area (Å²) in [5, 5.41) is 0.607. The molecule has 3 aromatic carbocycles. The van der Waals surface area contributed by atoms with Crippen LogP contribution in [0.1, 0.15) is 47.1 Å². The highest BCUT2D eigenvalue weighted by Crippen LogP contribution is 2.40. The number of likely N-dealkylation sites (tertiary alicyclic amines) is 1. The summed E-state index contributed by atoms with van der Waals surface area (Å²) in [7, 11) is 0. The number of hydrogen-bond acceptors (Lipinski definition) is 3. The number of rotatable bonds is 8. The molecule has 4 nitrogen and oxygen atoms in total. The quantitative estimate of drug-likeness (QED) is 0.219. The van der Waals surface area contributed by atoms with E-state index in [1.165, 1.54) is 5.56 Å². The maximum atomic E-state index is 13.5. The number of benzene rings is 3. The van der Waals surface area contributed by atoms with Gasteiger partial charge in [0.25, 0.3) is 0 Å². The van der Waals surface area contributed by atoms with Crippen molar-refractivity contribution in [3.05, 3.63) is 105 Å². The summed E-state index contributed by atoms with van der Waals surface area (Å²) in [5.74, 6) is 0.563. The SMILES string of the molecule is Cl.O=C1OCC(CCN2CCC(Cc3ccccc3)CC2)(c2ccc(Cl)c(Cl)c2)CN1Cc1cc(C(F)(F)F)cc(C(F)(F)F)c1. The predicted octanol–water partition coefficient (Wildman–Crippen LogP) is 9.69. The van der Waals surface area contributed by atoms with Crippen LogP contribution in [-0.2, 0) is 35.5 Å². The Balaban J connectivity index is 0.00000480. The molecule has 2 fully saturated rings. The highest BCUT2D eigenvalue weighted by Gasteiger charge is 2.43. The molecule has 1 amide bonds. The van der Waals surface area contributed by atoms with Gasteiger partial charge >= 0.3 is 18.4 Å². The molecule has 1 unspecified atom stereocenters. The fraction of sp³-hybridized carbons (Fsp3) is 0.424. The summed E-state index contributed by atoms with van der Waals surface area (Å²) >= 11 is 12.5. The van der Waals surface area contributed by atoms with E-state index in [-0.39, 0.29) is 42.2 Å². The molecular formula is C33H33Cl3F6N2O2. The molecule has 0 bridgehead atoms. The number of alkyl halides is 6. The zero-order valence-corrected chi connectivity index (χ0v) is 27.0. The molecule has 3 aromatic rings. The largest absolute Gasteiger partial charge is 0.448 e. The average Bonchev–Trinajstić information content (AvgIpc) is 2.99. The number of ether oxygens (including phenoxy) is 1. The smallest absolute Gasteiger partial charge is 0.416 e. The summed E-state index contributed by atoms with van der Waals surface area (Å²) < 4.78 is 86.7. The number of hydrogen-bond donors (Lipinski definition) is 0. The lowest BCUT2D eigenvalue weighted by Gasteiger charge is -2.44. The van der Waals surface area contributed by atoms with Crippen molar-refractivity contribution >= 4 is 41.7 Å². The molecule has 0 spiro atoms. The lowest BCUT2D eigenvalue weighted by molar-refractivity contribution is -0.143. The van der Waals surface area contributed by atoms with E-state index in [4.69, 9.17) is 27.9 Å². The van der Waals surface area contributed by atoms with Gasteiger partial charge in [0.1, 0.15) is 6.61 Å². The first-order valence-electron chi connectivity index (χ1n) is 14.6. The lowest BCUT2D eigenvalue weighted by Crippen LogP contribution is -2.53. The Bertz CT molecular complexity index is 1460. The monoisotopic (exact) mass is 708 g/mol. The molecule has 1 atom stereocenters. The number of carbonyl (C=O) groups excluding carboxylic acids is 1.